The van der Waals surface area contributed by atoms with Crippen LogP contribution in [0.15, 0.2) is 59.0 Å². The summed E-state index contributed by atoms with van der Waals surface area (Å²) in [4.78, 5) is 2.27. The van der Waals surface area contributed by atoms with Crippen molar-refractivity contribution in [2.24, 2.45) is 0 Å². The lowest BCUT2D eigenvalue weighted by Gasteiger charge is -2.24. The van der Waals surface area contributed by atoms with Gasteiger partial charge in [-0.3, -0.25) is 0 Å². The summed E-state index contributed by atoms with van der Waals surface area (Å²) >= 11 is 0. The average Bonchev–Trinajstić information content (AvgIpc) is 2.93. The van der Waals surface area contributed by atoms with Crippen molar-refractivity contribution >= 4 is 27.6 Å². The lowest BCUT2D eigenvalue weighted by molar-refractivity contribution is 0.664. The molecule has 0 aliphatic heterocycles. The number of para-hydroxylation sites is 2. The second kappa shape index (κ2) is 6.27. The fourth-order valence-electron chi connectivity index (χ4n) is 2.82. The molecule has 2 aromatic carbocycles. The zero-order valence-corrected chi connectivity index (χ0v) is 13.5. The highest BCUT2D eigenvalue weighted by atomic mass is 16.3. The van der Waals surface area contributed by atoms with E-state index in [1.807, 2.05) is 12.1 Å². The van der Waals surface area contributed by atoms with Crippen LogP contribution in [0.3, 0.4) is 0 Å². The molecule has 1 atom stereocenters. The number of fused-ring (bicyclic) bond motifs is 3. The predicted molar refractivity (Wildman–Crippen MR) is 95.6 cm³/mol. The fourth-order valence-corrected chi connectivity index (χ4v) is 2.82. The molecule has 2 nitrogen and oxygen atoms in total. The van der Waals surface area contributed by atoms with Gasteiger partial charge in [-0.1, -0.05) is 55.8 Å². The first-order valence-electron chi connectivity index (χ1n) is 8.02. The van der Waals surface area contributed by atoms with Crippen molar-refractivity contribution in [1.82, 2.24) is 0 Å². The molecule has 0 radical (unpaired) electrons. The summed E-state index contributed by atoms with van der Waals surface area (Å²) in [5.41, 5.74) is 3.07. The topological polar surface area (TPSA) is 16.4 Å². The van der Waals surface area contributed by atoms with Crippen LogP contribution in [-0.4, -0.2) is 13.1 Å². The maximum absolute atomic E-state index is 6.11. The van der Waals surface area contributed by atoms with Crippen molar-refractivity contribution in [3.63, 3.8) is 0 Å². The number of allylic oxidation sites excluding steroid dienone is 1. The highest BCUT2D eigenvalue weighted by Gasteiger charge is 2.15. The fraction of sp³-hybridized carbons (Fsp3) is 0.300. The first kappa shape index (κ1) is 14.7. The average molecular weight is 293 g/mol. The minimum absolute atomic E-state index is 0.338. The van der Waals surface area contributed by atoms with Gasteiger partial charge in [-0.05, 0) is 25.5 Å². The van der Waals surface area contributed by atoms with Gasteiger partial charge in [0.05, 0.1) is 5.69 Å². The molecule has 114 valence electrons. The minimum Gasteiger partial charge on any atom is -0.454 e. The van der Waals surface area contributed by atoms with Crippen molar-refractivity contribution in [2.45, 2.75) is 32.7 Å². The molecule has 0 saturated carbocycles. The summed E-state index contributed by atoms with van der Waals surface area (Å²) in [6.45, 7) is 4.42. The van der Waals surface area contributed by atoms with E-state index >= 15 is 0 Å². The van der Waals surface area contributed by atoms with Crippen molar-refractivity contribution in [1.29, 1.82) is 0 Å². The molecule has 0 amide bonds. The minimum atomic E-state index is 0.338. The molecule has 0 saturated heterocycles. The Morgan fingerprint density at radius 3 is 2.68 bits per heavy atom. The van der Waals surface area contributed by atoms with Crippen molar-refractivity contribution in [3.05, 3.63) is 54.6 Å². The normalized spacial score (nSPS) is 13.2. The maximum Gasteiger partial charge on any atom is 0.158 e. The summed E-state index contributed by atoms with van der Waals surface area (Å²) in [6, 6.07) is 14.9. The van der Waals surface area contributed by atoms with E-state index in [-0.39, 0.29) is 0 Å². The molecule has 1 heterocycles. The second-order valence-corrected chi connectivity index (χ2v) is 5.82. The number of nitrogens with zero attached hydrogens (tertiary/aromatic N) is 1. The number of hydrogen-bond donors (Lipinski definition) is 0. The smallest absolute Gasteiger partial charge is 0.158 e. The van der Waals surface area contributed by atoms with Crippen LogP contribution in [0.2, 0.25) is 0 Å². The molecule has 0 aliphatic rings. The van der Waals surface area contributed by atoms with Crippen LogP contribution in [0.1, 0.15) is 26.7 Å². The van der Waals surface area contributed by atoms with E-state index in [1.54, 1.807) is 0 Å². The van der Waals surface area contributed by atoms with Gasteiger partial charge in [-0.25, -0.2) is 0 Å². The second-order valence-electron chi connectivity index (χ2n) is 5.82. The number of hydrogen-bond acceptors (Lipinski definition) is 2. The number of likely N-dealkylation sites (N-methyl/N-ethyl adjacent to an activating group) is 1. The van der Waals surface area contributed by atoms with Gasteiger partial charge < -0.3 is 9.32 Å². The summed E-state index contributed by atoms with van der Waals surface area (Å²) in [5, 5.41) is 2.37. The first-order chi connectivity index (χ1) is 10.7. The Balaban J connectivity index is 2.03. The van der Waals surface area contributed by atoms with Crippen LogP contribution < -0.4 is 4.90 Å². The van der Waals surface area contributed by atoms with Crippen molar-refractivity contribution < 1.29 is 4.42 Å². The summed E-state index contributed by atoms with van der Waals surface area (Å²) in [5.74, 6) is 0. The summed E-state index contributed by atoms with van der Waals surface area (Å²) in [7, 11) is 2.13. The van der Waals surface area contributed by atoms with Crippen LogP contribution in [0.5, 0.6) is 0 Å². The van der Waals surface area contributed by atoms with Gasteiger partial charge in [0.25, 0.3) is 0 Å². The van der Waals surface area contributed by atoms with Crippen molar-refractivity contribution in [2.75, 3.05) is 11.9 Å². The molecule has 0 fully saturated rings. The molecule has 1 aromatic heterocycles. The Morgan fingerprint density at radius 2 is 1.86 bits per heavy atom. The van der Waals surface area contributed by atoms with Crippen molar-refractivity contribution in [3.8, 4) is 0 Å². The van der Waals surface area contributed by atoms with Gasteiger partial charge in [0.15, 0.2) is 5.58 Å². The van der Waals surface area contributed by atoms with Gasteiger partial charge in [0, 0.05) is 23.9 Å². The molecule has 0 N–H and O–H groups in total. The lowest BCUT2D eigenvalue weighted by Crippen LogP contribution is -2.26. The molecule has 0 bridgehead atoms. The van der Waals surface area contributed by atoms with Crippen LogP contribution >= 0.6 is 0 Å². The highest BCUT2D eigenvalue weighted by molar-refractivity contribution is 6.08. The molecule has 2 heteroatoms. The van der Waals surface area contributed by atoms with E-state index < -0.39 is 0 Å². The zero-order valence-electron chi connectivity index (χ0n) is 13.5. The number of benzene rings is 2. The Bertz CT molecular complexity index is 800. The highest BCUT2D eigenvalue weighted by Crippen LogP contribution is 2.35. The maximum atomic E-state index is 6.11. The van der Waals surface area contributed by atoms with E-state index in [0.717, 1.165) is 23.3 Å². The molecular formula is C20H23NO. The van der Waals surface area contributed by atoms with Crippen LogP contribution in [-0.2, 0) is 0 Å². The molecular weight excluding hydrogens is 270 g/mol. The van der Waals surface area contributed by atoms with Gasteiger partial charge in [0.2, 0.25) is 0 Å². The third kappa shape index (κ3) is 2.61. The molecule has 1 unspecified atom stereocenters. The molecule has 0 aliphatic carbocycles. The van der Waals surface area contributed by atoms with E-state index in [1.165, 1.54) is 17.2 Å². The van der Waals surface area contributed by atoms with E-state index in [2.05, 4.69) is 68.3 Å². The zero-order chi connectivity index (χ0) is 15.5. The number of furan rings is 1. The Morgan fingerprint density at radius 1 is 1.09 bits per heavy atom. The van der Waals surface area contributed by atoms with Gasteiger partial charge in [0.1, 0.15) is 5.58 Å². The SMILES string of the molecule is CCC/C=C\C(C)N(C)c1cccc2c1oc1ccccc12. The quantitative estimate of drug-likeness (QED) is 0.555. The van der Waals surface area contributed by atoms with E-state index in [0.29, 0.717) is 6.04 Å². The largest absolute Gasteiger partial charge is 0.454 e. The van der Waals surface area contributed by atoms with E-state index in [4.69, 9.17) is 4.42 Å². The number of anilines is 1. The number of unbranched alkanes of at least 4 members (excludes halogenated alkanes) is 1. The molecule has 22 heavy (non-hydrogen) atoms. The monoisotopic (exact) mass is 293 g/mol. The third-order valence-electron chi connectivity index (χ3n) is 4.24. The third-order valence-corrected chi connectivity index (χ3v) is 4.24. The van der Waals surface area contributed by atoms with Gasteiger partial charge in [-0.2, -0.15) is 0 Å². The van der Waals surface area contributed by atoms with Crippen LogP contribution in [0.4, 0.5) is 5.69 Å². The number of rotatable bonds is 5. The van der Waals surface area contributed by atoms with Crippen LogP contribution in [0.25, 0.3) is 21.9 Å². The summed E-state index contributed by atoms with van der Waals surface area (Å²) < 4.78 is 6.11. The standard InChI is InChI=1S/C20H23NO/c1-4-5-6-10-15(2)21(3)18-13-9-12-17-16-11-7-8-14-19(16)22-20(17)18/h6-15H,4-5H2,1-3H3/b10-6-. The Labute approximate surface area is 132 Å². The first-order valence-corrected chi connectivity index (χ1v) is 8.02. The molecule has 3 aromatic rings. The van der Waals surface area contributed by atoms with Crippen LogP contribution in [0, 0.1) is 0 Å². The Hall–Kier alpha value is -2.22. The van der Waals surface area contributed by atoms with E-state index in [9.17, 15) is 0 Å². The Kier molecular flexibility index (Phi) is 4.19. The van der Waals surface area contributed by atoms with Gasteiger partial charge in [-0.15, -0.1) is 0 Å². The lowest BCUT2D eigenvalue weighted by atomic mass is 10.1. The summed E-state index contributed by atoms with van der Waals surface area (Å²) in [6.07, 6.45) is 6.85. The predicted octanol–water partition coefficient (Wildman–Crippen LogP) is 5.77. The van der Waals surface area contributed by atoms with Gasteiger partial charge >= 0.3 is 0 Å². The molecule has 3 rings (SSSR count). The molecule has 0 spiro atoms.